The molecule has 0 bridgehead atoms. The molecule has 0 saturated heterocycles. The summed E-state index contributed by atoms with van der Waals surface area (Å²) < 4.78 is 2.19. The van der Waals surface area contributed by atoms with Crippen LogP contribution in [0.4, 0.5) is 0 Å². The molecular formula is C15H22N6S. The van der Waals surface area contributed by atoms with Gasteiger partial charge in [0, 0.05) is 29.3 Å². The predicted molar refractivity (Wildman–Crippen MR) is 89.1 cm³/mol. The van der Waals surface area contributed by atoms with Gasteiger partial charge >= 0.3 is 0 Å². The molecule has 0 unspecified atom stereocenters. The Hall–Kier alpha value is -1.89. The van der Waals surface area contributed by atoms with Crippen LogP contribution in [-0.2, 0) is 26.1 Å². The summed E-state index contributed by atoms with van der Waals surface area (Å²) in [6.07, 6.45) is 2.20. The third-order valence-electron chi connectivity index (χ3n) is 3.64. The standard InChI is InChI=1S/C15H22N6S/c1-3-16-15(17-9-12-7-6-11(2)22-12)18-10-14-20-19-13-5-4-8-21(13)14/h6-7H,3-5,8-10H2,1-2H3,(H2,16,17,18). The van der Waals surface area contributed by atoms with Crippen molar-refractivity contribution in [3.63, 3.8) is 0 Å². The quantitative estimate of drug-likeness (QED) is 0.652. The Morgan fingerprint density at radius 3 is 3.05 bits per heavy atom. The number of aliphatic imine (C=N–C) groups is 1. The molecule has 3 rings (SSSR count). The molecule has 0 spiro atoms. The highest BCUT2D eigenvalue weighted by Crippen LogP contribution is 2.15. The number of aryl methyl sites for hydroxylation is 2. The number of aromatic nitrogens is 3. The molecule has 0 aliphatic carbocycles. The summed E-state index contributed by atoms with van der Waals surface area (Å²) in [5.41, 5.74) is 0. The van der Waals surface area contributed by atoms with Gasteiger partial charge in [-0.25, -0.2) is 4.99 Å². The molecule has 1 aliphatic rings. The van der Waals surface area contributed by atoms with E-state index in [2.05, 4.69) is 56.4 Å². The van der Waals surface area contributed by atoms with Crippen molar-refractivity contribution in [2.24, 2.45) is 4.99 Å². The van der Waals surface area contributed by atoms with Crippen molar-refractivity contribution < 1.29 is 0 Å². The Kier molecular flexibility index (Phi) is 4.72. The van der Waals surface area contributed by atoms with Gasteiger partial charge in [-0.2, -0.15) is 0 Å². The van der Waals surface area contributed by atoms with Gasteiger partial charge in [-0.15, -0.1) is 21.5 Å². The van der Waals surface area contributed by atoms with Crippen LogP contribution in [0.5, 0.6) is 0 Å². The number of hydrogen-bond donors (Lipinski definition) is 2. The summed E-state index contributed by atoms with van der Waals surface area (Å²) in [5.74, 6) is 2.87. The normalized spacial score (nSPS) is 14.2. The van der Waals surface area contributed by atoms with Gasteiger partial charge < -0.3 is 15.2 Å². The van der Waals surface area contributed by atoms with Gasteiger partial charge in [0.2, 0.25) is 0 Å². The highest BCUT2D eigenvalue weighted by Gasteiger charge is 2.16. The molecule has 6 nitrogen and oxygen atoms in total. The first kappa shape index (κ1) is 15.0. The zero-order valence-electron chi connectivity index (χ0n) is 13.1. The SMILES string of the molecule is CCNC(=NCc1nnc2n1CCC2)NCc1ccc(C)s1. The first-order valence-corrected chi connectivity index (χ1v) is 8.56. The number of fused-ring (bicyclic) bond motifs is 1. The van der Waals surface area contributed by atoms with E-state index in [9.17, 15) is 0 Å². The molecule has 0 amide bonds. The molecule has 0 atom stereocenters. The number of guanidine groups is 1. The van der Waals surface area contributed by atoms with E-state index in [0.29, 0.717) is 6.54 Å². The number of thiophene rings is 1. The first-order valence-electron chi connectivity index (χ1n) is 7.74. The lowest BCUT2D eigenvalue weighted by Gasteiger charge is -2.10. The fraction of sp³-hybridized carbons (Fsp3) is 0.533. The Morgan fingerprint density at radius 1 is 1.36 bits per heavy atom. The Morgan fingerprint density at radius 2 is 2.27 bits per heavy atom. The summed E-state index contributed by atoms with van der Waals surface area (Å²) in [6, 6.07) is 4.30. The zero-order chi connectivity index (χ0) is 15.4. The molecule has 7 heteroatoms. The van der Waals surface area contributed by atoms with Gasteiger partial charge in [-0.1, -0.05) is 0 Å². The van der Waals surface area contributed by atoms with E-state index in [-0.39, 0.29) is 0 Å². The fourth-order valence-electron chi connectivity index (χ4n) is 2.57. The summed E-state index contributed by atoms with van der Waals surface area (Å²) in [7, 11) is 0. The largest absolute Gasteiger partial charge is 0.357 e. The molecule has 2 aromatic rings. The van der Waals surface area contributed by atoms with Crippen LogP contribution in [0.15, 0.2) is 17.1 Å². The lowest BCUT2D eigenvalue weighted by molar-refractivity contribution is 0.684. The molecule has 0 saturated carbocycles. The topological polar surface area (TPSA) is 67.1 Å². The smallest absolute Gasteiger partial charge is 0.191 e. The minimum atomic E-state index is 0.561. The van der Waals surface area contributed by atoms with E-state index in [4.69, 9.17) is 0 Å². The Bertz CT molecular complexity index is 657. The summed E-state index contributed by atoms with van der Waals surface area (Å²) in [5, 5.41) is 15.1. The highest BCUT2D eigenvalue weighted by atomic mass is 32.1. The average Bonchev–Trinajstić information content (AvgIpc) is 3.19. The third kappa shape index (κ3) is 3.47. The van der Waals surface area contributed by atoms with Crippen LogP contribution in [0.2, 0.25) is 0 Å². The van der Waals surface area contributed by atoms with Gasteiger partial charge in [0.1, 0.15) is 12.4 Å². The van der Waals surface area contributed by atoms with Gasteiger partial charge in [0.05, 0.1) is 6.54 Å². The van der Waals surface area contributed by atoms with Crippen molar-refractivity contribution in [1.29, 1.82) is 0 Å². The van der Waals surface area contributed by atoms with Crippen LogP contribution >= 0.6 is 11.3 Å². The molecule has 2 aromatic heterocycles. The van der Waals surface area contributed by atoms with Gasteiger partial charge in [-0.3, -0.25) is 0 Å². The summed E-state index contributed by atoms with van der Waals surface area (Å²) in [6.45, 7) is 7.41. The number of nitrogens with zero attached hydrogens (tertiary/aromatic N) is 4. The molecule has 0 radical (unpaired) electrons. The van der Waals surface area contributed by atoms with Gasteiger partial charge in [0.15, 0.2) is 11.8 Å². The minimum Gasteiger partial charge on any atom is -0.357 e. The maximum atomic E-state index is 4.63. The van der Waals surface area contributed by atoms with Crippen LogP contribution in [0.25, 0.3) is 0 Å². The average molecular weight is 318 g/mol. The van der Waals surface area contributed by atoms with Crippen LogP contribution < -0.4 is 10.6 Å². The Labute approximate surface area is 134 Å². The fourth-order valence-corrected chi connectivity index (χ4v) is 3.40. The lowest BCUT2D eigenvalue weighted by atomic mass is 10.4. The van der Waals surface area contributed by atoms with Crippen molar-refractivity contribution in [2.45, 2.75) is 46.3 Å². The van der Waals surface area contributed by atoms with Gasteiger partial charge in [0.25, 0.3) is 0 Å². The molecule has 0 aromatic carbocycles. The van der Waals surface area contributed by atoms with Crippen LogP contribution in [0, 0.1) is 6.92 Å². The van der Waals surface area contributed by atoms with Crippen LogP contribution in [0.3, 0.4) is 0 Å². The second kappa shape index (κ2) is 6.91. The molecule has 118 valence electrons. The zero-order valence-corrected chi connectivity index (χ0v) is 13.9. The van der Waals surface area contributed by atoms with E-state index in [1.807, 2.05) is 11.3 Å². The van der Waals surface area contributed by atoms with Crippen LogP contribution in [-0.4, -0.2) is 27.3 Å². The molecule has 1 aliphatic heterocycles. The van der Waals surface area contributed by atoms with Crippen molar-refractivity contribution in [2.75, 3.05) is 6.54 Å². The maximum Gasteiger partial charge on any atom is 0.191 e. The highest BCUT2D eigenvalue weighted by molar-refractivity contribution is 7.11. The summed E-state index contributed by atoms with van der Waals surface area (Å²) >= 11 is 1.81. The monoisotopic (exact) mass is 318 g/mol. The number of rotatable bonds is 5. The lowest BCUT2D eigenvalue weighted by Crippen LogP contribution is -2.36. The Balaban J connectivity index is 1.62. The molecular weight excluding hydrogens is 296 g/mol. The minimum absolute atomic E-state index is 0.561. The van der Waals surface area contributed by atoms with E-state index < -0.39 is 0 Å². The van der Waals surface area contributed by atoms with Gasteiger partial charge in [-0.05, 0) is 32.4 Å². The van der Waals surface area contributed by atoms with Crippen molar-refractivity contribution in [1.82, 2.24) is 25.4 Å². The van der Waals surface area contributed by atoms with Crippen molar-refractivity contribution in [3.8, 4) is 0 Å². The van der Waals surface area contributed by atoms with Crippen molar-refractivity contribution in [3.05, 3.63) is 33.5 Å². The van der Waals surface area contributed by atoms with E-state index in [1.165, 1.54) is 9.75 Å². The second-order valence-electron chi connectivity index (χ2n) is 5.35. The van der Waals surface area contributed by atoms with E-state index in [1.54, 1.807) is 0 Å². The number of hydrogen-bond acceptors (Lipinski definition) is 4. The molecule has 3 heterocycles. The van der Waals surface area contributed by atoms with Crippen molar-refractivity contribution >= 4 is 17.3 Å². The molecule has 2 N–H and O–H groups in total. The molecule has 22 heavy (non-hydrogen) atoms. The first-order chi connectivity index (χ1) is 10.8. The predicted octanol–water partition coefficient (Wildman–Crippen LogP) is 1.85. The van der Waals surface area contributed by atoms with E-state index in [0.717, 1.165) is 50.1 Å². The maximum absolute atomic E-state index is 4.63. The molecule has 0 fully saturated rings. The summed E-state index contributed by atoms with van der Waals surface area (Å²) in [4.78, 5) is 7.27. The number of nitrogens with one attached hydrogen (secondary N) is 2. The van der Waals surface area contributed by atoms with E-state index >= 15 is 0 Å². The third-order valence-corrected chi connectivity index (χ3v) is 4.64. The van der Waals surface area contributed by atoms with Crippen LogP contribution in [0.1, 0.15) is 34.7 Å². The second-order valence-corrected chi connectivity index (χ2v) is 6.72.